The molecule has 0 aliphatic carbocycles. The quantitative estimate of drug-likeness (QED) is 0.779. The van der Waals surface area contributed by atoms with Crippen molar-refractivity contribution < 1.29 is 22.7 Å². The lowest BCUT2D eigenvalue weighted by molar-refractivity contribution is -0.146. The zero-order chi connectivity index (χ0) is 15.2. The first-order chi connectivity index (χ1) is 9.38. The van der Waals surface area contributed by atoms with E-state index < -0.39 is 23.8 Å². The molecule has 0 spiro atoms. The minimum atomic E-state index is -4.44. The number of hydrogen-bond acceptors (Lipinski definition) is 4. The number of esters is 1. The van der Waals surface area contributed by atoms with E-state index in [1.165, 1.54) is 0 Å². The molecule has 8 heteroatoms. The minimum absolute atomic E-state index is 0.00505. The number of aromatic nitrogens is 2. The number of alkyl halides is 3. The van der Waals surface area contributed by atoms with Crippen LogP contribution in [0.15, 0.2) is 12.4 Å². The molecule has 114 valence electrons. The Hall–Kier alpha value is -1.57. The molecule has 1 N–H and O–H groups in total. The third-order valence-corrected chi connectivity index (χ3v) is 2.54. The largest absolute Gasteiger partial charge is 0.465 e. The summed E-state index contributed by atoms with van der Waals surface area (Å²) in [7, 11) is 0. The Labute approximate surface area is 115 Å². The second-order valence-electron chi connectivity index (χ2n) is 4.21. The van der Waals surface area contributed by atoms with Gasteiger partial charge in [-0.2, -0.15) is 18.3 Å². The second kappa shape index (κ2) is 7.28. The molecule has 0 aliphatic heterocycles. The summed E-state index contributed by atoms with van der Waals surface area (Å²) in [6, 6.07) is -0.712. The third-order valence-electron chi connectivity index (χ3n) is 2.54. The molecule has 0 saturated heterocycles. The Morgan fingerprint density at radius 2 is 2.20 bits per heavy atom. The van der Waals surface area contributed by atoms with Gasteiger partial charge in [-0.3, -0.25) is 9.48 Å². The fourth-order valence-electron chi connectivity index (χ4n) is 1.58. The Morgan fingerprint density at radius 1 is 1.50 bits per heavy atom. The topological polar surface area (TPSA) is 56.2 Å². The number of nitrogens with zero attached hydrogens (tertiary/aromatic N) is 2. The van der Waals surface area contributed by atoms with Crippen molar-refractivity contribution in [1.29, 1.82) is 0 Å². The van der Waals surface area contributed by atoms with Crippen molar-refractivity contribution >= 4 is 5.97 Å². The molecule has 0 amide bonds. The van der Waals surface area contributed by atoms with Gasteiger partial charge in [0.2, 0.25) is 0 Å². The Bertz CT molecular complexity index is 432. The van der Waals surface area contributed by atoms with E-state index in [0.29, 0.717) is 6.54 Å². The van der Waals surface area contributed by atoms with Crippen molar-refractivity contribution in [3.8, 4) is 0 Å². The molecule has 0 aromatic carbocycles. The Kier molecular flexibility index (Phi) is 6.00. The second-order valence-corrected chi connectivity index (χ2v) is 4.21. The minimum Gasteiger partial charge on any atom is -0.465 e. The van der Waals surface area contributed by atoms with Gasteiger partial charge in [0.25, 0.3) is 0 Å². The lowest BCUT2D eigenvalue weighted by atomic mass is 10.3. The zero-order valence-corrected chi connectivity index (χ0v) is 11.4. The molecule has 0 fully saturated rings. The summed E-state index contributed by atoms with van der Waals surface area (Å²) in [4.78, 5) is 11.7. The molecule has 0 radical (unpaired) electrons. The molecule has 1 heterocycles. The summed E-state index contributed by atoms with van der Waals surface area (Å²) in [6.07, 6.45) is -2.03. The van der Waals surface area contributed by atoms with Crippen molar-refractivity contribution in [3.05, 3.63) is 18.0 Å². The van der Waals surface area contributed by atoms with Gasteiger partial charge >= 0.3 is 12.1 Å². The molecule has 1 rings (SSSR count). The Balaban J connectivity index is 2.73. The van der Waals surface area contributed by atoms with Gasteiger partial charge in [0.1, 0.15) is 6.04 Å². The van der Waals surface area contributed by atoms with Gasteiger partial charge in [-0.25, -0.2) is 0 Å². The Morgan fingerprint density at radius 3 is 2.70 bits per heavy atom. The fourth-order valence-corrected chi connectivity index (χ4v) is 1.58. The third kappa shape index (κ3) is 4.84. The molecule has 0 saturated carbocycles. The number of rotatable bonds is 7. The summed E-state index contributed by atoms with van der Waals surface area (Å²) in [5.74, 6) is -0.495. The number of ether oxygens (including phenoxy) is 1. The van der Waals surface area contributed by atoms with E-state index in [4.69, 9.17) is 4.74 Å². The summed E-state index contributed by atoms with van der Waals surface area (Å²) in [5.41, 5.74) is -0.837. The van der Waals surface area contributed by atoms with Crippen molar-refractivity contribution in [3.63, 3.8) is 0 Å². The van der Waals surface area contributed by atoms with Crippen LogP contribution in [0.5, 0.6) is 0 Å². The predicted octanol–water partition coefficient (Wildman–Crippen LogP) is 1.83. The molecular weight excluding hydrogens is 275 g/mol. The van der Waals surface area contributed by atoms with E-state index >= 15 is 0 Å². The molecule has 20 heavy (non-hydrogen) atoms. The molecule has 5 nitrogen and oxygen atoms in total. The maximum atomic E-state index is 12.5. The van der Waals surface area contributed by atoms with Crippen LogP contribution in [0.3, 0.4) is 0 Å². The lowest BCUT2D eigenvalue weighted by Crippen LogP contribution is -2.42. The molecule has 1 atom stereocenters. The van der Waals surface area contributed by atoms with Crippen LogP contribution >= 0.6 is 0 Å². The van der Waals surface area contributed by atoms with E-state index in [0.717, 1.165) is 23.5 Å². The SMILES string of the molecule is CCCNC(Cn1cc(C(F)(F)F)cn1)C(=O)OCC. The van der Waals surface area contributed by atoms with E-state index in [-0.39, 0.29) is 13.2 Å². The van der Waals surface area contributed by atoms with Gasteiger partial charge in [0.05, 0.1) is 24.9 Å². The predicted molar refractivity (Wildman–Crippen MR) is 65.9 cm³/mol. The fraction of sp³-hybridized carbons (Fsp3) is 0.667. The highest BCUT2D eigenvalue weighted by Crippen LogP contribution is 2.28. The normalized spacial score (nSPS) is 13.2. The van der Waals surface area contributed by atoms with Gasteiger partial charge in [-0.15, -0.1) is 0 Å². The van der Waals surface area contributed by atoms with Gasteiger partial charge in [-0.05, 0) is 19.9 Å². The number of hydrogen-bond donors (Lipinski definition) is 1. The maximum Gasteiger partial charge on any atom is 0.419 e. The van der Waals surface area contributed by atoms with E-state index in [1.54, 1.807) is 6.92 Å². The standard InChI is InChI=1S/C12H18F3N3O2/c1-3-5-16-10(11(19)20-4-2)8-18-7-9(6-17-18)12(13,14)15/h6-7,10,16H,3-5,8H2,1-2H3. The summed E-state index contributed by atoms with van der Waals surface area (Å²) in [5, 5.41) is 6.56. The van der Waals surface area contributed by atoms with Crippen LogP contribution in [0.25, 0.3) is 0 Å². The average Bonchev–Trinajstić information content (AvgIpc) is 2.83. The van der Waals surface area contributed by atoms with Crippen LogP contribution in [0.2, 0.25) is 0 Å². The van der Waals surface area contributed by atoms with Crippen LogP contribution in [-0.2, 0) is 22.3 Å². The van der Waals surface area contributed by atoms with Crippen molar-refractivity contribution in [2.45, 2.75) is 39.0 Å². The highest BCUT2D eigenvalue weighted by atomic mass is 19.4. The van der Waals surface area contributed by atoms with E-state index in [2.05, 4.69) is 10.4 Å². The summed E-state index contributed by atoms with van der Waals surface area (Å²) < 4.78 is 43.4. The van der Waals surface area contributed by atoms with Gasteiger partial charge in [0, 0.05) is 6.20 Å². The van der Waals surface area contributed by atoms with Crippen LogP contribution in [-0.4, -0.2) is 34.9 Å². The molecule has 0 bridgehead atoms. The summed E-state index contributed by atoms with van der Waals surface area (Å²) in [6.45, 7) is 4.37. The molecule has 1 unspecified atom stereocenters. The number of carbonyl (C=O) groups is 1. The maximum absolute atomic E-state index is 12.5. The number of nitrogens with one attached hydrogen (secondary N) is 1. The van der Waals surface area contributed by atoms with Crippen LogP contribution in [0.4, 0.5) is 13.2 Å². The molecule has 1 aromatic rings. The van der Waals surface area contributed by atoms with Crippen LogP contribution < -0.4 is 5.32 Å². The van der Waals surface area contributed by atoms with Crippen LogP contribution in [0.1, 0.15) is 25.8 Å². The van der Waals surface area contributed by atoms with Gasteiger partial charge in [-0.1, -0.05) is 6.92 Å². The lowest BCUT2D eigenvalue weighted by Gasteiger charge is -2.16. The van der Waals surface area contributed by atoms with Crippen molar-refractivity contribution in [2.24, 2.45) is 0 Å². The number of halogens is 3. The first-order valence-electron chi connectivity index (χ1n) is 6.38. The smallest absolute Gasteiger partial charge is 0.419 e. The first-order valence-corrected chi connectivity index (χ1v) is 6.38. The first kappa shape index (κ1) is 16.5. The summed E-state index contributed by atoms with van der Waals surface area (Å²) >= 11 is 0. The molecular formula is C12H18F3N3O2. The number of carbonyl (C=O) groups excluding carboxylic acids is 1. The van der Waals surface area contributed by atoms with Gasteiger partial charge < -0.3 is 10.1 Å². The van der Waals surface area contributed by atoms with E-state index in [1.807, 2.05) is 6.92 Å². The van der Waals surface area contributed by atoms with Gasteiger partial charge in [0.15, 0.2) is 0 Å². The highest BCUT2D eigenvalue weighted by Gasteiger charge is 2.32. The monoisotopic (exact) mass is 293 g/mol. The molecule has 1 aromatic heterocycles. The highest BCUT2D eigenvalue weighted by molar-refractivity contribution is 5.75. The van der Waals surface area contributed by atoms with Crippen molar-refractivity contribution in [1.82, 2.24) is 15.1 Å². The molecule has 0 aliphatic rings. The van der Waals surface area contributed by atoms with E-state index in [9.17, 15) is 18.0 Å². The average molecular weight is 293 g/mol. The van der Waals surface area contributed by atoms with Crippen molar-refractivity contribution in [2.75, 3.05) is 13.2 Å². The van der Waals surface area contributed by atoms with Crippen LogP contribution in [0, 0.1) is 0 Å². The zero-order valence-electron chi connectivity index (χ0n) is 11.4.